The van der Waals surface area contributed by atoms with Gasteiger partial charge in [0.25, 0.3) is 12.1 Å². The first-order valence-corrected chi connectivity index (χ1v) is 1.87. The highest BCUT2D eigenvalue weighted by molar-refractivity contribution is 5.11. The van der Waals surface area contributed by atoms with E-state index in [4.69, 9.17) is 5.73 Å². The molecule has 8 heavy (non-hydrogen) atoms. The average Bonchev–Trinajstić information content (AvgIpc) is 1.87. The first kappa shape index (κ1) is 7.23. The third kappa shape index (κ3) is 1.38. The summed E-state index contributed by atoms with van der Waals surface area (Å²) in [6.45, 7) is 0. The van der Waals surface area contributed by atoms with Crippen molar-refractivity contribution < 1.29 is 21.6 Å². The third-order valence-electron chi connectivity index (χ3n) is 0.589. The van der Waals surface area contributed by atoms with Gasteiger partial charge >= 0.3 is 0 Å². The number of nitrogen functional groups attached to an aromatic ring is 1. The minimum atomic E-state index is 0. The van der Waals surface area contributed by atoms with Crippen LogP contribution in [0.1, 0.15) is 0 Å². The quantitative estimate of drug-likeness (QED) is 0.370. The van der Waals surface area contributed by atoms with Crippen molar-refractivity contribution in [2.24, 2.45) is 7.05 Å². The number of aryl methyl sites for hydroxylation is 1. The van der Waals surface area contributed by atoms with E-state index in [1.165, 1.54) is 4.68 Å². The Morgan fingerprint density at radius 3 is 2.62 bits per heavy atom. The fraction of sp³-hybridized carbons (Fsp3) is 0.333. The van der Waals surface area contributed by atoms with Crippen molar-refractivity contribution in [3.05, 3.63) is 6.20 Å². The lowest BCUT2D eigenvalue weighted by Crippen LogP contribution is -3.00. The van der Waals surface area contributed by atoms with E-state index >= 15 is 0 Å². The van der Waals surface area contributed by atoms with Crippen LogP contribution in [0, 0.1) is 0 Å². The van der Waals surface area contributed by atoms with Crippen LogP contribution < -0.4 is 22.8 Å². The molecule has 4 nitrogen and oxygen atoms in total. The molecule has 0 aliphatic carbocycles. The second kappa shape index (κ2) is 2.52. The number of halogens is 1. The number of nitrogens with two attached hydrogens (primary N) is 1. The van der Waals surface area contributed by atoms with E-state index in [0.29, 0.717) is 5.88 Å². The fourth-order valence-electron chi connectivity index (χ4n) is 0.343. The summed E-state index contributed by atoms with van der Waals surface area (Å²) in [5.41, 5.74) is 5.13. The summed E-state index contributed by atoms with van der Waals surface area (Å²) < 4.78 is 5.95. The highest BCUT2D eigenvalue weighted by Crippen LogP contribution is 1.86. The van der Waals surface area contributed by atoms with Gasteiger partial charge in [0.05, 0.1) is 0 Å². The monoisotopic (exact) mass is 135 g/mol. The summed E-state index contributed by atoms with van der Waals surface area (Å²) >= 11 is 0. The number of nitrogens with zero attached hydrogens (tertiary/aromatic N) is 2. The van der Waals surface area contributed by atoms with E-state index in [1.807, 2.05) is 0 Å². The number of rotatable bonds is 0. The zero-order valence-electron chi connectivity index (χ0n) is 4.34. The van der Waals surface area contributed by atoms with E-state index in [2.05, 4.69) is 9.79 Å². The summed E-state index contributed by atoms with van der Waals surface area (Å²) in [7, 11) is 1.74. The Labute approximate surface area is 52.7 Å². The van der Waals surface area contributed by atoms with Crippen LogP contribution in [0.5, 0.6) is 0 Å². The normalized spacial score (nSPS) is 8.12. The SMILES string of the molecule is C[n+]1cc(N)on1.[Cl-]. The molecule has 0 fully saturated rings. The molecular formula is C3H6ClN3O. The molecular weight excluding hydrogens is 130 g/mol. The van der Waals surface area contributed by atoms with Gasteiger partial charge in [0.1, 0.15) is 0 Å². The minimum absolute atomic E-state index is 0. The minimum Gasteiger partial charge on any atom is -1.00 e. The molecule has 1 aromatic rings. The van der Waals surface area contributed by atoms with Gasteiger partial charge in [-0.25, -0.2) is 0 Å². The van der Waals surface area contributed by atoms with Crippen LogP contribution in [0.15, 0.2) is 10.7 Å². The molecule has 0 saturated heterocycles. The molecule has 0 radical (unpaired) electrons. The van der Waals surface area contributed by atoms with Crippen molar-refractivity contribution >= 4 is 5.88 Å². The van der Waals surface area contributed by atoms with Crippen LogP contribution in [0.3, 0.4) is 0 Å². The van der Waals surface area contributed by atoms with Crippen LogP contribution >= 0.6 is 0 Å². The van der Waals surface area contributed by atoms with Crippen molar-refractivity contribution in [3.63, 3.8) is 0 Å². The Bertz CT molecular complexity index is 147. The van der Waals surface area contributed by atoms with Gasteiger partial charge in [-0.1, -0.05) is 4.68 Å². The molecule has 0 aromatic carbocycles. The van der Waals surface area contributed by atoms with Gasteiger partial charge in [-0.3, -0.25) is 4.52 Å². The lowest BCUT2D eigenvalue weighted by molar-refractivity contribution is -0.739. The van der Waals surface area contributed by atoms with E-state index < -0.39 is 0 Å². The Balaban J connectivity index is 0.000000490. The molecule has 1 aromatic heterocycles. The van der Waals surface area contributed by atoms with E-state index in [0.717, 1.165) is 0 Å². The van der Waals surface area contributed by atoms with Crippen molar-refractivity contribution in [3.8, 4) is 0 Å². The Morgan fingerprint density at radius 1 is 1.88 bits per heavy atom. The van der Waals surface area contributed by atoms with Crippen LogP contribution in [0.2, 0.25) is 0 Å². The molecule has 5 heteroatoms. The predicted octanol–water partition coefficient (Wildman–Crippen LogP) is -3.91. The van der Waals surface area contributed by atoms with Crippen LogP contribution in [-0.2, 0) is 7.05 Å². The Kier molecular flexibility index (Phi) is 2.27. The molecule has 0 spiro atoms. The maximum absolute atomic E-state index is 5.13. The largest absolute Gasteiger partial charge is 1.00 e. The number of hydrogen-bond donors (Lipinski definition) is 1. The Hall–Kier alpha value is -0.770. The average molecular weight is 136 g/mol. The predicted molar refractivity (Wildman–Crippen MR) is 22.1 cm³/mol. The summed E-state index contributed by atoms with van der Waals surface area (Å²) in [5, 5.41) is 3.43. The van der Waals surface area contributed by atoms with E-state index in [9.17, 15) is 0 Å². The first-order chi connectivity index (χ1) is 3.29. The van der Waals surface area contributed by atoms with Crippen LogP contribution in [0.25, 0.3) is 0 Å². The topological polar surface area (TPSA) is 55.9 Å². The lowest BCUT2D eigenvalue weighted by Gasteiger charge is -1.60. The molecule has 1 heterocycles. The van der Waals surface area contributed by atoms with E-state index in [-0.39, 0.29) is 12.4 Å². The molecule has 1 rings (SSSR count). The fourth-order valence-corrected chi connectivity index (χ4v) is 0.343. The van der Waals surface area contributed by atoms with Crippen molar-refractivity contribution in [2.45, 2.75) is 0 Å². The smallest absolute Gasteiger partial charge is 0.293 e. The second-order valence-corrected chi connectivity index (χ2v) is 1.28. The summed E-state index contributed by atoms with van der Waals surface area (Å²) in [4.78, 5) is 0. The summed E-state index contributed by atoms with van der Waals surface area (Å²) in [6.07, 6.45) is 1.58. The molecule has 0 aliphatic heterocycles. The molecule has 0 amide bonds. The second-order valence-electron chi connectivity index (χ2n) is 1.28. The number of hydrogen-bond acceptors (Lipinski definition) is 3. The molecule has 46 valence electrons. The van der Waals surface area contributed by atoms with Gasteiger partial charge in [0.15, 0.2) is 12.3 Å². The van der Waals surface area contributed by atoms with Gasteiger partial charge in [0.2, 0.25) is 0 Å². The maximum Gasteiger partial charge on any atom is 0.293 e. The number of aromatic nitrogens is 2. The van der Waals surface area contributed by atoms with Crippen LogP contribution in [-0.4, -0.2) is 5.27 Å². The lowest BCUT2D eigenvalue weighted by atomic mass is 10.8. The Morgan fingerprint density at radius 2 is 2.50 bits per heavy atom. The van der Waals surface area contributed by atoms with Gasteiger partial charge in [0, 0.05) is 0 Å². The van der Waals surface area contributed by atoms with Crippen molar-refractivity contribution in [1.82, 2.24) is 5.27 Å². The number of anilines is 1. The highest BCUT2D eigenvalue weighted by Gasteiger charge is 1.97. The zero-order chi connectivity index (χ0) is 5.28. The van der Waals surface area contributed by atoms with Gasteiger partial charge in [-0.15, -0.1) is 0 Å². The van der Waals surface area contributed by atoms with E-state index in [1.54, 1.807) is 13.2 Å². The molecule has 0 atom stereocenters. The summed E-state index contributed by atoms with van der Waals surface area (Å²) in [5.74, 6) is 0.336. The van der Waals surface area contributed by atoms with Gasteiger partial charge < -0.3 is 18.1 Å². The molecule has 0 bridgehead atoms. The molecule has 2 N–H and O–H groups in total. The maximum atomic E-state index is 5.13. The van der Waals surface area contributed by atoms with Crippen molar-refractivity contribution in [2.75, 3.05) is 5.73 Å². The molecule has 0 unspecified atom stereocenters. The molecule has 0 saturated carbocycles. The first-order valence-electron chi connectivity index (χ1n) is 1.87. The third-order valence-corrected chi connectivity index (χ3v) is 0.589. The zero-order valence-corrected chi connectivity index (χ0v) is 5.09. The van der Waals surface area contributed by atoms with Gasteiger partial charge in [-0.2, -0.15) is 0 Å². The van der Waals surface area contributed by atoms with Crippen LogP contribution in [0.4, 0.5) is 5.88 Å². The highest BCUT2D eigenvalue weighted by atomic mass is 35.5. The van der Waals surface area contributed by atoms with Gasteiger partial charge in [-0.05, 0) is 0 Å². The van der Waals surface area contributed by atoms with Crippen molar-refractivity contribution in [1.29, 1.82) is 0 Å². The summed E-state index contributed by atoms with van der Waals surface area (Å²) in [6, 6.07) is 0. The molecule has 0 aliphatic rings. The standard InChI is InChI=1S/C3H6N3O.ClH/c1-6-2-3(4)7-5-6;/h2H,4H2,1H3;1H/q+1;/p-1.